The van der Waals surface area contributed by atoms with Gasteiger partial charge < -0.3 is 14.6 Å². The number of ether oxygens (including phenoxy) is 1. The molecule has 0 unspecified atom stereocenters. The van der Waals surface area contributed by atoms with Crippen molar-refractivity contribution in [2.75, 3.05) is 13.2 Å². The van der Waals surface area contributed by atoms with E-state index < -0.39 is 36.6 Å². The van der Waals surface area contributed by atoms with Crippen LogP contribution in [0.1, 0.15) is 54.9 Å². The predicted octanol–water partition coefficient (Wildman–Crippen LogP) is 2.52. The molecule has 1 aromatic rings. The van der Waals surface area contributed by atoms with Gasteiger partial charge in [-0.15, -0.1) is 6.58 Å². The highest BCUT2D eigenvalue weighted by atomic mass is 16.5. The molecule has 1 aliphatic rings. The van der Waals surface area contributed by atoms with Crippen molar-refractivity contribution in [1.29, 1.82) is 0 Å². The molecule has 1 aromatic heterocycles. The molecule has 0 spiro atoms. The summed E-state index contributed by atoms with van der Waals surface area (Å²) in [6, 6.07) is 1.12. The molecular weight excluding hydrogens is 374 g/mol. The summed E-state index contributed by atoms with van der Waals surface area (Å²) in [5.41, 5.74) is 1.14. The number of imide groups is 1. The Kier molecular flexibility index (Phi) is 7.00. The number of aryl methyl sites for hydroxylation is 1. The first-order valence-corrected chi connectivity index (χ1v) is 9.75. The van der Waals surface area contributed by atoms with E-state index in [1.54, 1.807) is 19.1 Å². The number of aromatic nitrogens is 1. The monoisotopic (exact) mass is 403 g/mol. The minimum Gasteiger partial charge on any atom is -0.456 e. The van der Waals surface area contributed by atoms with E-state index >= 15 is 0 Å². The quantitative estimate of drug-likeness (QED) is 0.280. The lowest BCUT2D eigenvalue weighted by molar-refractivity contribution is -0.146. The number of hydrogen-bond donors (Lipinski definition) is 1. The highest BCUT2D eigenvalue weighted by Gasteiger charge is 2.47. The van der Waals surface area contributed by atoms with Gasteiger partial charge in [0.05, 0.1) is 0 Å². The molecule has 8 heteroatoms. The first-order chi connectivity index (χ1) is 13.6. The fourth-order valence-corrected chi connectivity index (χ4v) is 3.48. The van der Waals surface area contributed by atoms with E-state index in [2.05, 4.69) is 11.9 Å². The van der Waals surface area contributed by atoms with Crippen molar-refractivity contribution in [2.24, 2.45) is 0 Å². The summed E-state index contributed by atoms with van der Waals surface area (Å²) in [6.07, 6.45) is 3.90. The maximum atomic E-state index is 12.5. The molecule has 29 heavy (non-hydrogen) atoms. The van der Waals surface area contributed by atoms with Crippen LogP contribution in [0.4, 0.5) is 4.79 Å². The van der Waals surface area contributed by atoms with Crippen LogP contribution in [0.2, 0.25) is 0 Å². The van der Waals surface area contributed by atoms with Gasteiger partial charge in [-0.05, 0) is 33.3 Å². The number of nitrogens with one attached hydrogen (secondary N) is 1. The molecule has 1 atom stereocenters. The third kappa shape index (κ3) is 4.75. The van der Waals surface area contributed by atoms with E-state index in [1.165, 1.54) is 0 Å². The minimum absolute atomic E-state index is 0.341. The summed E-state index contributed by atoms with van der Waals surface area (Å²) in [5, 5.41) is 2.64. The van der Waals surface area contributed by atoms with E-state index in [0.29, 0.717) is 18.5 Å². The standard InChI is InChI=1S/C21H29N3O5/c1-6-8-9-21(5)19(27)24(20(28)22-21)12-18(26)29-13-17(25)16-11-14(3)23(10-7-2)15(16)4/h7,11H,2,6,8-10,12-13H2,1,3-5H3,(H,22,28)/t21-/m1/s1. The fourth-order valence-electron chi connectivity index (χ4n) is 3.48. The maximum absolute atomic E-state index is 12.5. The predicted molar refractivity (Wildman–Crippen MR) is 108 cm³/mol. The zero-order valence-electron chi connectivity index (χ0n) is 17.5. The summed E-state index contributed by atoms with van der Waals surface area (Å²) >= 11 is 0. The van der Waals surface area contributed by atoms with Crippen molar-refractivity contribution in [2.45, 2.75) is 59.0 Å². The number of hydrogen-bond acceptors (Lipinski definition) is 5. The maximum Gasteiger partial charge on any atom is 0.326 e. The Morgan fingerprint density at radius 2 is 2.00 bits per heavy atom. The number of rotatable bonds is 10. The Morgan fingerprint density at radius 3 is 2.62 bits per heavy atom. The van der Waals surface area contributed by atoms with Gasteiger partial charge in [0.2, 0.25) is 5.78 Å². The number of urea groups is 1. The molecule has 0 saturated carbocycles. The summed E-state index contributed by atoms with van der Waals surface area (Å²) in [7, 11) is 0. The van der Waals surface area contributed by atoms with Crippen LogP contribution in [-0.4, -0.2) is 51.8 Å². The van der Waals surface area contributed by atoms with Gasteiger partial charge in [-0.1, -0.05) is 25.8 Å². The highest BCUT2D eigenvalue weighted by molar-refractivity contribution is 6.08. The fraction of sp³-hybridized carbons (Fsp3) is 0.524. The molecule has 1 N–H and O–H groups in total. The SMILES string of the molecule is C=CCn1c(C)cc(C(=O)COC(=O)CN2C(=O)N[C@](C)(CCCC)C2=O)c1C. The Morgan fingerprint density at radius 1 is 1.31 bits per heavy atom. The normalized spacial score (nSPS) is 18.7. The van der Waals surface area contributed by atoms with E-state index in [1.807, 2.05) is 25.3 Å². The van der Waals surface area contributed by atoms with Crippen molar-refractivity contribution < 1.29 is 23.9 Å². The molecule has 0 aromatic carbocycles. The number of carbonyl (C=O) groups excluding carboxylic acids is 4. The van der Waals surface area contributed by atoms with Crippen LogP contribution in [0.15, 0.2) is 18.7 Å². The van der Waals surface area contributed by atoms with Crippen molar-refractivity contribution in [1.82, 2.24) is 14.8 Å². The van der Waals surface area contributed by atoms with Gasteiger partial charge >= 0.3 is 12.0 Å². The Hall–Kier alpha value is -2.90. The lowest BCUT2D eigenvalue weighted by atomic mass is 9.95. The lowest BCUT2D eigenvalue weighted by Gasteiger charge is -2.21. The average Bonchev–Trinajstić information content (AvgIpc) is 3.07. The molecule has 0 radical (unpaired) electrons. The molecule has 0 aliphatic carbocycles. The number of allylic oxidation sites excluding steroid dienone is 1. The van der Waals surface area contributed by atoms with Gasteiger partial charge in [0.15, 0.2) is 6.61 Å². The molecule has 1 fully saturated rings. The van der Waals surface area contributed by atoms with Crippen molar-refractivity contribution in [3.05, 3.63) is 35.7 Å². The third-order valence-corrected chi connectivity index (χ3v) is 5.21. The van der Waals surface area contributed by atoms with Crippen molar-refractivity contribution in [3.8, 4) is 0 Å². The van der Waals surface area contributed by atoms with Crippen LogP contribution in [0, 0.1) is 13.8 Å². The van der Waals surface area contributed by atoms with Crippen LogP contribution in [0.3, 0.4) is 0 Å². The summed E-state index contributed by atoms with van der Waals surface area (Å²) in [4.78, 5) is 50.1. The first kappa shape index (κ1) is 22.4. The zero-order valence-corrected chi connectivity index (χ0v) is 17.5. The number of Topliss-reactive ketones (excluding diaryl/α,β-unsaturated/α-hetero) is 1. The number of carbonyl (C=O) groups is 4. The van der Waals surface area contributed by atoms with E-state index in [0.717, 1.165) is 29.1 Å². The van der Waals surface area contributed by atoms with Gasteiger partial charge in [-0.2, -0.15) is 0 Å². The van der Waals surface area contributed by atoms with Crippen LogP contribution < -0.4 is 5.32 Å². The molecule has 2 rings (SSSR count). The van der Waals surface area contributed by atoms with E-state index in [4.69, 9.17) is 4.74 Å². The molecule has 0 bridgehead atoms. The lowest BCUT2D eigenvalue weighted by Crippen LogP contribution is -2.44. The van der Waals surface area contributed by atoms with E-state index in [9.17, 15) is 19.2 Å². The Balaban J connectivity index is 1.96. The number of nitrogens with zero attached hydrogens (tertiary/aromatic N) is 2. The van der Waals surface area contributed by atoms with Gasteiger partial charge in [0, 0.05) is 23.5 Å². The molecule has 158 valence electrons. The Bertz CT molecular complexity index is 842. The van der Waals surface area contributed by atoms with E-state index in [-0.39, 0.29) is 5.78 Å². The summed E-state index contributed by atoms with van der Waals surface area (Å²) < 4.78 is 6.98. The Labute approximate surface area is 170 Å². The average molecular weight is 403 g/mol. The molecule has 1 saturated heterocycles. The van der Waals surface area contributed by atoms with Crippen LogP contribution in [0.25, 0.3) is 0 Å². The second-order valence-corrected chi connectivity index (χ2v) is 7.53. The number of amides is 3. The van der Waals surface area contributed by atoms with Gasteiger partial charge in [-0.3, -0.25) is 19.3 Å². The molecule has 3 amide bonds. The molecule has 2 heterocycles. The largest absolute Gasteiger partial charge is 0.456 e. The van der Waals surface area contributed by atoms with Gasteiger partial charge in [0.1, 0.15) is 12.1 Å². The zero-order chi connectivity index (χ0) is 21.8. The van der Waals surface area contributed by atoms with Crippen LogP contribution in [0.5, 0.6) is 0 Å². The third-order valence-electron chi connectivity index (χ3n) is 5.21. The number of unbranched alkanes of at least 4 members (excludes halogenated alkanes) is 1. The minimum atomic E-state index is -1.01. The number of esters is 1. The van der Waals surface area contributed by atoms with Gasteiger partial charge in [-0.25, -0.2) is 4.79 Å². The highest BCUT2D eigenvalue weighted by Crippen LogP contribution is 2.23. The van der Waals surface area contributed by atoms with Gasteiger partial charge in [0.25, 0.3) is 5.91 Å². The first-order valence-electron chi connectivity index (χ1n) is 9.75. The van der Waals surface area contributed by atoms with Crippen molar-refractivity contribution >= 4 is 23.7 Å². The van der Waals surface area contributed by atoms with Crippen LogP contribution in [-0.2, 0) is 20.9 Å². The molecule has 8 nitrogen and oxygen atoms in total. The second kappa shape index (κ2) is 9.07. The molecular formula is C21H29N3O5. The second-order valence-electron chi connectivity index (χ2n) is 7.53. The number of ketones is 1. The summed E-state index contributed by atoms with van der Waals surface area (Å²) in [6.45, 7) is 10.6. The molecule has 1 aliphatic heterocycles. The van der Waals surface area contributed by atoms with Crippen LogP contribution >= 0.6 is 0 Å². The topological polar surface area (TPSA) is 97.7 Å². The van der Waals surface area contributed by atoms with Crippen molar-refractivity contribution in [3.63, 3.8) is 0 Å². The smallest absolute Gasteiger partial charge is 0.326 e. The summed E-state index contributed by atoms with van der Waals surface area (Å²) in [5.74, 6) is -1.60.